The standard InChI is InChI=1S/C11H15NO2/c1-3-9-11(12)8-6-7(13-2)4-5-10(8)14-9/h4-6,9,11H,3,12H2,1-2H3. The van der Waals surface area contributed by atoms with Gasteiger partial charge in [0.25, 0.3) is 0 Å². The molecule has 1 aromatic carbocycles. The van der Waals surface area contributed by atoms with Gasteiger partial charge in [-0.25, -0.2) is 0 Å². The first kappa shape index (κ1) is 9.34. The van der Waals surface area contributed by atoms with Crippen LogP contribution in [-0.4, -0.2) is 13.2 Å². The molecule has 3 nitrogen and oxygen atoms in total. The number of methoxy groups -OCH3 is 1. The van der Waals surface area contributed by atoms with Crippen LogP contribution in [0.25, 0.3) is 0 Å². The van der Waals surface area contributed by atoms with E-state index in [4.69, 9.17) is 15.2 Å². The fourth-order valence-electron chi connectivity index (χ4n) is 1.80. The summed E-state index contributed by atoms with van der Waals surface area (Å²) in [6, 6.07) is 5.74. The van der Waals surface area contributed by atoms with Gasteiger partial charge in [-0.3, -0.25) is 0 Å². The highest BCUT2D eigenvalue weighted by Crippen LogP contribution is 2.38. The molecular weight excluding hydrogens is 178 g/mol. The number of nitrogens with two attached hydrogens (primary N) is 1. The van der Waals surface area contributed by atoms with Gasteiger partial charge in [0.05, 0.1) is 13.2 Å². The van der Waals surface area contributed by atoms with Crippen molar-refractivity contribution in [1.29, 1.82) is 0 Å². The van der Waals surface area contributed by atoms with Gasteiger partial charge in [0.15, 0.2) is 0 Å². The Morgan fingerprint density at radius 2 is 2.29 bits per heavy atom. The van der Waals surface area contributed by atoms with Crippen molar-refractivity contribution in [3.63, 3.8) is 0 Å². The SMILES string of the molecule is CCC1Oc2ccc(OC)cc2C1N. The van der Waals surface area contributed by atoms with Gasteiger partial charge in [-0.1, -0.05) is 6.92 Å². The fourth-order valence-corrected chi connectivity index (χ4v) is 1.80. The zero-order chi connectivity index (χ0) is 10.1. The Bertz CT molecular complexity index is 338. The average Bonchev–Trinajstić information content (AvgIpc) is 2.55. The van der Waals surface area contributed by atoms with Gasteiger partial charge in [0.2, 0.25) is 0 Å². The number of ether oxygens (including phenoxy) is 2. The molecule has 0 radical (unpaired) electrons. The van der Waals surface area contributed by atoms with Crippen molar-refractivity contribution in [2.45, 2.75) is 25.5 Å². The molecule has 2 atom stereocenters. The Morgan fingerprint density at radius 1 is 1.50 bits per heavy atom. The zero-order valence-corrected chi connectivity index (χ0v) is 8.49. The van der Waals surface area contributed by atoms with E-state index in [1.807, 2.05) is 18.2 Å². The maximum absolute atomic E-state index is 6.04. The lowest BCUT2D eigenvalue weighted by atomic mass is 10.0. The first-order chi connectivity index (χ1) is 6.76. The summed E-state index contributed by atoms with van der Waals surface area (Å²) in [6.45, 7) is 2.08. The second-order valence-corrected chi connectivity index (χ2v) is 3.49. The minimum Gasteiger partial charge on any atom is -0.497 e. The fraction of sp³-hybridized carbons (Fsp3) is 0.455. The molecule has 0 spiro atoms. The molecule has 2 unspecified atom stereocenters. The Hall–Kier alpha value is -1.22. The van der Waals surface area contributed by atoms with Gasteiger partial charge in [-0.2, -0.15) is 0 Å². The molecule has 76 valence electrons. The lowest BCUT2D eigenvalue weighted by Gasteiger charge is -2.11. The summed E-state index contributed by atoms with van der Waals surface area (Å²) in [4.78, 5) is 0. The number of hydrogen-bond donors (Lipinski definition) is 1. The molecule has 0 saturated carbocycles. The van der Waals surface area contributed by atoms with Crippen LogP contribution in [0.3, 0.4) is 0 Å². The second kappa shape index (κ2) is 3.50. The smallest absolute Gasteiger partial charge is 0.125 e. The molecule has 2 rings (SSSR count). The summed E-state index contributed by atoms with van der Waals surface area (Å²) < 4.78 is 10.8. The summed E-state index contributed by atoms with van der Waals surface area (Å²) in [7, 11) is 1.65. The highest BCUT2D eigenvalue weighted by atomic mass is 16.5. The third kappa shape index (κ3) is 1.34. The van der Waals surface area contributed by atoms with E-state index >= 15 is 0 Å². The first-order valence-electron chi connectivity index (χ1n) is 4.86. The molecule has 0 aromatic heterocycles. The normalized spacial score (nSPS) is 24.2. The Balaban J connectivity index is 2.35. The summed E-state index contributed by atoms with van der Waals surface area (Å²) in [5.41, 5.74) is 7.10. The third-order valence-corrected chi connectivity index (χ3v) is 2.66. The van der Waals surface area contributed by atoms with E-state index in [1.54, 1.807) is 7.11 Å². The average molecular weight is 193 g/mol. The van der Waals surface area contributed by atoms with Crippen molar-refractivity contribution in [2.24, 2.45) is 5.73 Å². The van der Waals surface area contributed by atoms with E-state index in [1.165, 1.54) is 0 Å². The Morgan fingerprint density at radius 3 is 2.93 bits per heavy atom. The summed E-state index contributed by atoms with van der Waals surface area (Å²) >= 11 is 0. The Kier molecular flexibility index (Phi) is 2.33. The zero-order valence-electron chi connectivity index (χ0n) is 8.49. The van der Waals surface area contributed by atoms with E-state index in [-0.39, 0.29) is 12.1 Å². The second-order valence-electron chi connectivity index (χ2n) is 3.49. The molecule has 1 heterocycles. The van der Waals surface area contributed by atoms with Gasteiger partial charge in [0, 0.05) is 5.56 Å². The molecule has 3 heteroatoms. The molecule has 2 N–H and O–H groups in total. The minimum absolute atomic E-state index is 0.0231. The lowest BCUT2D eigenvalue weighted by molar-refractivity contribution is 0.202. The molecule has 1 aromatic rings. The highest BCUT2D eigenvalue weighted by molar-refractivity contribution is 5.45. The topological polar surface area (TPSA) is 44.5 Å². The third-order valence-electron chi connectivity index (χ3n) is 2.66. The van der Waals surface area contributed by atoms with Crippen LogP contribution in [0.15, 0.2) is 18.2 Å². The molecule has 1 aliphatic rings. The van der Waals surface area contributed by atoms with Crippen molar-refractivity contribution in [3.8, 4) is 11.5 Å². The number of hydrogen-bond acceptors (Lipinski definition) is 3. The predicted molar refractivity (Wildman–Crippen MR) is 54.6 cm³/mol. The minimum atomic E-state index is -0.0231. The van der Waals surface area contributed by atoms with Crippen molar-refractivity contribution < 1.29 is 9.47 Å². The van der Waals surface area contributed by atoms with Crippen LogP contribution in [0, 0.1) is 0 Å². The lowest BCUT2D eigenvalue weighted by Crippen LogP contribution is -2.24. The maximum atomic E-state index is 6.04. The van der Waals surface area contributed by atoms with Gasteiger partial charge in [-0.15, -0.1) is 0 Å². The van der Waals surface area contributed by atoms with Gasteiger partial charge in [0.1, 0.15) is 17.6 Å². The predicted octanol–water partition coefficient (Wildman–Crippen LogP) is 1.87. The van der Waals surface area contributed by atoms with Crippen molar-refractivity contribution >= 4 is 0 Å². The van der Waals surface area contributed by atoms with Crippen molar-refractivity contribution in [3.05, 3.63) is 23.8 Å². The quantitative estimate of drug-likeness (QED) is 0.779. The number of rotatable bonds is 2. The van der Waals surface area contributed by atoms with Crippen molar-refractivity contribution in [2.75, 3.05) is 7.11 Å². The van der Waals surface area contributed by atoms with Crippen LogP contribution in [0.4, 0.5) is 0 Å². The van der Waals surface area contributed by atoms with Crippen LogP contribution < -0.4 is 15.2 Å². The van der Waals surface area contributed by atoms with Crippen LogP contribution in [0.2, 0.25) is 0 Å². The summed E-state index contributed by atoms with van der Waals surface area (Å²) in [5.74, 6) is 1.73. The van der Waals surface area contributed by atoms with E-state index < -0.39 is 0 Å². The van der Waals surface area contributed by atoms with Gasteiger partial charge < -0.3 is 15.2 Å². The maximum Gasteiger partial charge on any atom is 0.125 e. The van der Waals surface area contributed by atoms with E-state index in [0.29, 0.717) is 0 Å². The van der Waals surface area contributed by atoms with Crippen LogP contribution in [0.5, 0.6) is 11.5 Å². The van der Waals surface area contributed by atoms with E-state index in [2.05, 4.69) is 6.92 Å². The first-order valence-corrected chi connectivity index (χ1v) is 4.86. The number of fused-ring (bicyclic) bond motifs is 1. The highest BCUT2D eigenvalue weighted by Gasteiger charge is 2.30. The van der Waals surface area contributed by atoms with E-state index in [0.717, 1.165) is 23.5 Å². The van der Waals surface area contributed by atoms with Crippen LogP contribution >= 0.6 is 0 Å². The molecule has 0 saturated heterocycles. The van der Waals surface area contributed by atoms with Crippen LogP contribution in [-0.2, 0) is 0 Å². The monoisotopic (exact) mass is 193 g/mol. The number of benzene rings is 1. The van der Waals surface area contributed by atoms with Crippen LogP contribution in [0.1, 0.15) is 24.9 Å². The molecule has 0 fully saturated rings. The van der Waals surface area contributed by atoms with Gasteiger partial charge in [-0.05, 0) is 24.6 Å². The largest absolute Gasteiger partial charge is 0.497 e. The summed E-state index contributed by atoms with van der Waals surface area (Å²) in [5, 5.41) is 0. The molecular formula is C11H15NO2. The van der Waals surface area contributed by atoms with Crippen molar-refractivity contribution in [1.82, 2.24) is 0 Å². The van der Waals surface area contributed by atoms with Gasteiger partial charge >= 0.3 is 0 Å². The molecule has 0 aliphatic carbocycles. The summed E-state index contributed by atoms with van der Waals surface area (Å²) in [6.07, 6.45) is 1.04. The molecule has 0 amide bonds. The Labute approximate surface area is 83.8 Å². The molecule has 0 bridgehead atoms. The van der Waals surface area contributed by atoms with E-state index in [9.17, 15) is 0 Å². The molecule has 1 aliphatic heterocycles. The molecule has 14 heavy (non-hydrogen) atoms.